The molecular weight excluding hydrogens is 276 g/mol. The van der Waals surface area contributed by atoms with E-state index >= 15 is 0 Å². The molecule has 2 N–H and O–H groups in total. The Kier molecular flexibility index (Phi) is 4.40. The summed E-state index contributed by atoms with van der Waals surface area (Å²) < 4.78 is 5.63. The highest BCUT2D eigenvalue weighted by Gasteiger charge is 2.10. The fourth-order valence-corrected chi connectivity index (χ4v) is 1.78. The molecule has 0 aliphatic carbocycles. The molecule has 2 rings (SSSR count). The standard InChI is InChI=1S/C17H10N4O/c18-9-13(17(21)14(10-19)11-20)8-15-6-7-16(22-15)12-4-2-1-3-5-12/h1-8H,21H2. The van der Waals surface area contributed by atoms with E-state index in [1.54, 1.807) is 24.3 Å². The molecule has 0 aliphatic rings. The van der Waals surface area contributed by atoms with E-state index in [1.165, 1.54) is 6.08 Å². The third kappa shape index (κ3) is 3.04. The topological polar surface area (TPSA) is 111 Å². The number of nitrogens with two attached hydrogens (primary N) is 1. The van der Waals surface area contributed by atoms with Gasteiger partial charge in [0.1, 0.15) is 29.7 Å². The molecule has 5 heteroatoms. The van der Waals surface area contributed by atoms with Gasteiger partial charge in [-0.25, -0.2) is 0 Å². The Hall–Kier alpha value is -3.75. The molecule has 0 radical (unpaired) electrons. The number of benzene rings is 1. The van der Waals surface area contributed by atoms with Crippen molar-refractivity contribution in [3.63, 3.8) is 0 Å². The van der Waals surface area contributed by atoms with E-state index in [0.717, 1.165) is 5.56 Å². The van der Waals surface area contributed by atoms with Crippen LogP contribution in [0.1, 0.15) is 5.76 Å². The average molecular weight is 286 g/mol. The van der Waals surface area contributed by atoms with Crippen LogP contribution in [0.4, 0.5) is 0 Å². The normalized spacial score (nSPS) is 10.1. The zero-order valence-corrected chi connectivity index (χ0v) is 11.4. The summed E-state index contributed by atoms with van der Waals surface area (Å²) in [6.07, 6.45) is 1.40. The molecule has 2 aromatic rings. The maximum atomic E-state index is 9.13. The van der Waals surface area contributed by atoms with Crippen molar-refractivity contribution < 1.29 is 4.42 Å². The number of furan rings is 1. The van der Waals surface area contributed by atoms with E-state index in [1.807, 2.05) is 36.4 Å². The maximum Gasteiger partial charge on any atom is 0.153 e. The van der Waals surface area contributed by atoms with Gasteiger partial charge in [-0.2, -0.15) is 15.8 Å². The Bertz CT molecular complexity index is 852. The van der Waals surface area contributed by atoms with Gasteiger partial charge in [0.25, 0.3) is 0 Å². The molecule has 1 heterocycles. The van der Waals surface area contributed by atoms with Gasteiger partial charge in [-0.3, -0.25) is 0 Å². The Balaban J connectivity index is 2.40. The van der Waals surface area contributed by atoms with Crippen molar-refractivity contribution in [3.05, 3.63) is 65.1 Å². The minimum Gasteiger partial charge on any atom is -0.457 e. The summed E-state index contributed by atoms with van der Waals surface area (Å²) in [6, 6.07) is 18.1. The van der Waals surface area contributed by atoms with Gasteiger partial charge in [0.05, 0.1) is 11.3 Å². The Morgan fingerprint density at radius 1 is 0.955 bits per heavy atom. The lowest BCUT2D eigenvalue weighted by Gasteiger charge is -1.98. The third-order valence-electron chi connectivity index (χ3n) is 2.88. The Labute approximate surface area is 127 Å². The fourth-order valence-electron chi connectivity index (χ4n) is 1.78. The van der Waals surface area contributed by atoms with Gasteiger partial charge in [0, 0.05) is 11.6 Å². The van der Waals surface area contributed by atoms with E-state index in [-0.39, 0.29) is 16.8 Å². The number of nitrogens with zero attached hydrogens (tertiary/aromatic N) is 3. The van der Waals surface area contributed by atoms with Crippen LogP contribution < -0.4 is 5.73 Å². The van der Waals surface area contributed by atoms with Gasteiger partial charge in [0.2, 0.25) is 0 Å². The first-order valence-corrected chi connectivity index (χ1v) is 6.27. The third-order valence-corrected chi connectivity index (χ3v) is 2.88. The van der Waals surface area contributed by atoms with E-state index in [9.17, 15) is 0 Å². The van der Waals surface area contributed by atoms with Crippen LogP contribution in [-0.2, 0) is 0 Å². The molecule has 0 spiro atoms. The lowest BCUT2D eigenvalue weighted by Crippen LogP contribution is -2.03. The van der Waals surface area contributed by atoms with Crippen molar-refractivity contribution in [2.45, 2.75) is 0 Å². The number of hydrogen-bond acceptors (Lipinski definition) is 5. The van der Waals surface area contributed by atoms with E-state index in [4.69, 9.17) is 25.9 Å². The van der Waals surface area contributed by atoms with Gasteiger partial charge in [0.15, 0.2) is 5.57 Å². The van der Waals surface area contributed by atoms with Gasteiger partial charge in [-0.1, -0.05) is 30.3 Å². The van der Waals surface area contributed by atoms with Crippen LogP contribution in [-0.4, -0.2) is 0 Å². The smallest absolute Gasteiger partial charge is 0.153 e. The summed E-state index contributed by atoms with van der Waals surface area (Å²) in [7, 11) is 0. The molecular formula is C17H10N4O. The summed E-state index contributed by atoms with van der Waals surface area (Å²) in [5, 5.41) is 26.7. The fraction of sp³-hybridized carbons (Fsp3) is 0. The van der Waals surface area contributed by atoms with Crippen LogP contribution in [0.5, 0.6) is 0 Å². The Morgan fingerprint density at radius 3 is 2.23 bits per heavy atom. The molecule has 22 heavy (non-hydrogen) atoms. The van der Waals surface area contributed by atoms with Crippen molar-refractivity contribution in [1.82, 2.24) is 0 Å². The SMILES string of the molecule is N#CC(=Cc1ccc(-c2ccccc2)o1)C(N)=C(C#N)C#N. The first kappa shape index (κ1) is 14.7. The zero-order chi connectivity index (χ0) is 15.9. The quantitative estimate of drug-likeness (QED) is 0.688. The minimum absolute atomic E-state index is 0.00654. The van der Waals surface area contributed by atoms with Crippen LogP contribution in [0.2, 0.25) is 0 Å². The summed E-state index contributed by atoms with van der Waals surface area (Å²) in [5.74, 6) is 1.06. The first-order chi connectivity index (χ1) is 10.7. The number of allylic oxidation sites excluding steroid dienone is 2. The van der Waals surface area contributed by atoms with E-state index in [2.05, 4.69) is 0 Å². The van der Waals surface area contributed by atoms with Gasteiger partial charge < -0.3 is 10.2 Å². The summed E-state index contributed by atoms with van der Waals surface area (Å²) in [6.45, 7) is 0. The van der Waals surface area contributed by atoms with Crippen molar-refractivity contribution >= 4 is 6.08 Å². The molecule has 1 aromatic carbocycles. The van der Waals surface area contributed by atoms with Crippen molar-refractivity contribution in [3.8, 4) is 29.5 Å². The molecule has 0 aliphatic heterocycles. The van der Waals surface area contributed by atoms with E-state index < -0.39 is 0 Å². The minimum atomic E-state index is -0.303. The molecule has 0 bridgehead atoms. The van der Waals surface area contributed by atoms with Crippen LogP contribution >= 0.6 is 0 Å². The molecule has 0 saturated heterocycles. The van der Waals surface area contributed by atoms with Crippen LogP contribution in [0.15, 0.2) is 63.7 Å². The summed E-state index contributed by atoms with van der Waals surface area (Å²) in [5.41, 5.74) is 6.10. The summed E-state index contributed by atoms with van der Waals surface area (Å²) in [4.78, 5) is 0. The second-order valence-corrected chi connectivity index (χ2v) is 4.25. The molecule has 0 fully saturated rings. The largest absolute Gasteiger partial charge is 0.457 e. The van der Waals surface area contributed by atoms with Gasteiger partial charge in [-0.15, -0.1) is 0 Å². The molecule has 0 amide bonds. The highest BCUT2D eigenvalue weighted by Crippen LogP contribution is 2.23. The number of nitriles is 3. The second kappa shape index (κ2) is 6.61. The number of rotatable bonds is 3. The highest BCUT2D eigenvalue weighted by molar-refractivity contribution is 5.66. The number of hydrogen-bond donors (Lipinski definition) is 1. The first-order valence-electron chi connectivity index (χ1n) is 6.27. The molecule has 0 atom stereocenters. The van der Waals surface area contributed by atoms with Crippen molar-refractivity contribution in [1.29, 1.82) is 15.8 Å². The summed E-state index contributed by atoms with van der Waals surface area (Å²) >= 11 is 0. The molecule has 0 saturated carbocycles. The molecule has 0 unspecified atom stereocenters. The second-order valence-electron chi connectivity index (χ2n) is 4.25. The monoisotopic (exact) mass is 286 g/mol. The molecule has 104 valence electrons. The molecule has 5 nitrogen and oxygen atoms in total. The highest BCUT2D eigenvalue weighted by atomic mass is 16.3. The van der Waals surface area contributed by atoms with Crippen molar-refractivity contribution in [2.24, 2.45) is 5.73 Å². The average Bonchev–Trinajstić information content (AvgIpc) is 3.03. The van der Waals surface area contributed by atoms with Gasteiger partial charge in [-0.05, 0) is 12.1 Å². The van der Waals surface area contributed by atoms with Crippen LogP contribution in [0.25, 0.3) is 17.4 Å². The van der Waals surface area contributed by atoms with Crippen LogP contribution in [0.3, 0.4) is 0 Å². The Morgan fingerprint density at radius 2 is 1.64 bits per heavy atom. The molecule has 1 aromatic heterocycles. The predicted octanol–water partition coefficient (Wildman–Crippen LogP) is 3.11. The predicted molar refractivity (Wildman–Crippen MR) is 80.2 cm³/mol. The zero-order valence-electron chi connectivity index (χ0n) is 11.4. The lowest BCUT2D eigenvalue weighted by molar-refractivity contribution is 0.571. The maximum absolute atomic E-state index is 9.13. The lowest BCUT2D eigenvalue weighted by atomic mass is 10.1. The van der Waals surface area contributed by atoms with Gasteiger partial charge >= 0.3 is 0 Å². The van der Waals surface area contributed by atoms with Crippen LogP contribution in [0, 0.1) is 34.0 Å². The van der Waals surface area contributed by atoms with E-state index in [0.29, 0.717) is 11.5 Å². The van der Waals surface area contributed by atoms with Crippen molar-refractivity contribution in [2.75, 3.05) is 0 Å².